The van der Waals surface area contributed by atoms with Crippen LogP contribution in [-0.2, 0) is 11.8 Å². The van der Waals surface area contributed by atoms with Crippen molar-refractivity contribution >= 4 is 5.97 Å². The predicted molar refractivity (Wildman–Crippen MR) is 65.3 cm³/mol. The summed E-state index contributed by atoms with van der Waals surface area (Å²) < 4.78 is 6.92. The fourth-order valence-corrected chi connectivity index (χ4v) is 1.40. The number of nitrogens with zero attached hydrogens (tertiary/aromatic N) is 2. The highest BCUT2D eigenvalue weighted by Crippen LogP contribution is 2.25. The molecule has 1 heterocycles. The lowest BCUT2D eigenvalue weighted by molar-refractivity contribution is -0.00161. The van der Waals surface area contributed by atoms with Crippen molar-refractivity contribution in [2.45, 2.75) is 33.3 Å². The van der Waals surface area contributed by atoms with Gasteiger partial charge < -0.3 is 4.74 Å². The van der Waals surface area contributed by atoms with Gasteiger partial charge in [0.2, 0.25) is 0 Å². The molecule has 0 aliphatic carbocycles. The molecule has 0 bridgehead atoms. The maximum Gasteiger partial charge on any atom is 0.356 e. The Hall–Kier alpha value is -1.76. The molecule has 0 spiro atoms. The van der Waals surface area contributed by atoms with E-state index in [0.29, 0.717) is 12.1 Å². The molecule has 4 heteroatoms. The molecule has 0 saturated heterocycles. The van der Waals surface area contributed by atoms with Gasteiger partial charge >= 0.3 is 5.97 Å². The first-order valence-corrected chi connectivity index (χ1v) is 5.48. The van der Waals surface area contributed by atoms with Gasteiger partial charge in [-0.15, -0.1) is 12.3 Å². The maximum atomic E-state index is 11.9. The van der Waals surface area contributed by atoms with Crippen LogP contribution in [0.4, 0.5) is 0 Å². The monoisotopic (exact) mass is 234 g/mol. The van der Waals surface area contributed by atoms with E-state index in [1.165, 1.54) is 4.68 Å². The zero-order valence-electron chi connectivity index (χ0n) is 10.7. The molecule has 0 amide bonds. The average molecular weight is 234 g/mol. The molecule has 92 valence electrons. The number of aryl methyl sites for hydroxylation is 1. The molecule has 0 fully saturated rings. The molecule has 0 saturated carbocycles. The van der Waals surface area contributed by atoms with Crippen LogP contribution in [0.2, 0.25) is 0 Å². The topological polar surface area (TPSA) is 44.1 Å². The summed E-state index contributed by atoms with van der Waals surface area (Å²) in [6.45, 7) is 5.97. The van der Waals surface area contributed by atoms with Crippen LogP contribution in [-0.4, -0.2) is 21.9 Å². The number of hydrogen-bond donors (Lipinski definition) is 0. The molecule has 0 aliphatic rings. The Kier molecular flexibility index (Phi) is 3.95. The van der Waals surface area contributed by atoms with Crippen molar-refractivity contribution in [2.24, 2.45) is 12.5 Å². The molecule has 1 aromatic heterocycles. The lowest BCUT2D eigenvalue weighted by Gasteiger charge is -2.28. The van der Waals surface area contributed by atoms with E-state index in [1.807, 2.05) is 20.8 Å². The molecular formula is C13H18N2O2. The molecule has 4 nitrogen and oxygen atoms in total. The Morgan fingerprint density at radius 3 is 2.71 bits per heavy atom. The van der Waals surface area contributed by atoms with Gasteiger partial charge in [0.25, 0.3) is 0 Å². The smallest absolute Gasteiger partial charge is 0.356 e. The number of aromatic nitrogens is 2. The summed E-state index contributed by atoms with van der Waals surface area (Å²) in [6, 6.07) is 1.62. The molecule has 0 radical (unpaired) electrons. The largest absolute Gasteiger partial charge is 0.456 e. The summed E-state index contributed by atoms with van der Waals surface area (Å²) >= 11 is 0. The highest BCUT2D eigenvalue weighted by atomic mass is 16.5. The normalized spacial score (nSPS) is 12.9. The van der Waals surface area contributed by atoms with E-state index in [0.717, 1.165) is 0 Å². The van der Waals surface area contributed by atoms with Crippen molar-refractivity contribution in [3.05, 3.63) is 18.0 Å². The fraction of sp³-hybridized carbons (Fsp3) is 0.538. The summed E-state index contributed by atoms with van der Waals surface area (Å²) in [4.78, 5) is 11.9. The van der Waals surface area contributed by atoms with Crippen molar-refractivity contribution in [3.8, 4) is 12.3 Å². The van der Waals surface area contributed by atoms with E-state index in [9.17, 15) is 4.79 Å². The van der Waals surface area contributed by atoms with E-state index < -0.39 is 0 Å². The Bertz CT molecular complexity index is 435. The van der Waals surface area contributed by atoms with Crippen LogP contribution in [0.1, 0.15) is 37.7 Å². The van der Waals surface area contributed by atoms with E-state index in [1.54, 1.807) is 19.3 Å². The van der Waals surface area contributed by atoms with E-state index in [-0.39, 0.29) is 17.5 Å². The maximum absolute atomic E-state index is 11.9. The molecule has 1 aromatic rings. The van der Waals surface area contributed by atoms with Crippen LogP contribution in [0, 0.1) is 17.8 Å². The molecule has 17 heavy (non-hydrogen) atoms. The van der Waals surface area contributed by atoms with Gasteiger partial charge in [0, 0.05) is 19.7 Å². The number of hydrogen-bond acceptors (Lipinski definition) is 3. The second kappa shape index (κ2) is 5.05. The van der Waals surface area contributed by atoms with Crippen LogP contribution in [0.25, 0.3) is 0 Å². The third-order valence-electron chi connectivity index (χ3n) is 2.55. The van der Waals surface area contributed by atoms with Crippen molar-refractivity contribution in [1.82, 2.24) is 9.78 Å². The SMILES string of the molecule is C#CC[C@@H](OC(=O)c1ccnn1C)C(C)(C)C. The summed E-state index contributed by atoms with van der Waals surface area (Å²) in [5.74, 6) is 2.15. The Morgan fingerprint density at radius 1 is 1.65 bits per heavy atom. The molecular weight excluding hydrogens is 216 g/mol. The second-order valence-electron chi connectivity index (χ2n) is 5.01. The molecule has 0 unspecified atom stereocenters. The van der Waals surface area contributed by atoms with Gasteiger partial charge in [-0.05, 0) is 11.5 Å². The number of carbonyl (C=O) groups excluding carboxylic acids is 1. The minimum absolute atomic E-state index is 0.180. The third-order valence-corrected chi connectivity index (χ3v) is 2.55. The first kappa shape index (κ1) is 13.3. The summed E-state index contributed by atoms with van der Waals surface area (Å²) in [7, 11) is 1.70. The highest BCUT2D eigenvalue weighted by Gasteiger charge is 2.28. The third kappa shape index (κ3) is 3.35. The number of ether oxygens (including phenoxy) is 1. The lowest BCUT2D eigenvalue weighted by atomic mass is 9.87. The van der Waals surface area contributed by atoms with Gasteiger partial charge in [-0.3, -0.25) is 4.68 Å². The number of rotatable bonds is 3. The van der Waals surface area contributed by atoms with E-state index in [4.69, 9.17) is 11.2 Å². The molecule has 0 N–H and O–H groups in total. The molecule has 0 aromatic carbocycles. The van der Waals surface area contributed by atoms with E-state index >= 15 is 0 Å². The van der Waals surface area contributed by atoms with Gasteiger partial charge in [0.05, 0.1) is 0 Å². The number of carbonyl (C=O) groups is 1. The van der Waals surface area contributed by atoms with Crippen molar-refractivity contribution in [3.63, 3.8) is 0 Å². The van der Waals surface area contributed by atoms with Gasteiger partial charge in [-0.25, -0.2) is 4.79 Å². The first-order valence-electron chi connectivity index (χ1n) is 5.48. The highest BCUT2D eigenvalue weighted by molar-refractivity contribution is 5.87. The van der Waals surface area contributed by atoms with Gasteiger partial charge in [-0.2, -0.15) is 5.10 Å². The fourth-order valence-electron chi connectivity index (χ4n) is 1.40. The molecule has 1 atom stereocenters. The molecule has 1 rings (SSSR count). The minimum Gasteiger partial charge on any atom is -0.456 e. The lowest BCUT2D eigenvalue weighted by Crippen LogP contribution is -2.32. The molecule has 0 aliphatic heterocycles. The number of esters is 1. The van der Waals surface area contributed by atoms with Crippen LogP contribution < -0.4 is 0 Å². The van der Waals surface area contributed by atoms with Crippen LogP contribution in [0.3, 0.4) is 0 Å². The second-order valence-corrected chi connectivity index (χ2v) is 5.01. The van der Waals surface area contributed by atoms with Crippen molar-refractivity contribution < 1.29 is 9.53 Å². The van der Waals surface area contributed by atoms with Crippen LogP contribution in [0.15, 0.2) is 12.3 Å². The standard InChI is InChI=1S/C13H18N2O2/c1-6-7-11(13(2,3)4)17-12(16)10-8-9-14-15(10)5/h1,8-9,11H,7H2,2-5H3/t11-/m1/s1. The minimum atomic E-state index is -0.389. The summed E-state index contributed by atoms with van der Waals surface area (Å²) in [5, 5.41) is 3.93. The zero-order valence-corrected chi connectivity index (χ0v) is 10.7. The summed E-state index contributed by atoms with van der Waals surface area (Å²) in [6.07, 6.45) is 6.96. The van der Waals surface area contributed by atoms with Crippen LogP contribution >= 0.6 is 0 Å². The first-order chi connectivity index (χ1) is 7.86. The van der Waals surface area contributed by atoms with E-state index in [2.05, 4.69) is 11.0 Å². The van der Waals surface area contributed by atoms with Crippen molar-refractivity contribution in [2.75, 3.05) is 0 Å². The Morgan fingerprint density at radius 2 is 2.29 bits per heavy atom. The van der Waals surface area contributed by atoms with Gasteiger partial charge in [-0.1, -0.05) is 20.8 Å². The quantitative estimate of drug-likeness (QED) is 0.593. The van der Waals surface area contributed by atoms with Crippen LogP contribution in [0.5, 0.6) is 0 Å². The predicted octanol–water partition coefficient (Wildman–Crippen LogP) is 2.01. The van der Waals surface area contributed by atoms with Gasteiger partial charge in [0.1, 0.15) is 11.8 Å². The Balaban J connectivity index is 2.79. The number of terminal acetylenes is 1. The average Bonchev–Trinajstić information content (AvgIpc) is 2.62. The van der Waals surface area contributed by atoms with Crippen molar-refractivity contribution in [1.29, 1.82) is 0 Å². The Labute approximate surface area is 102 Å². The summed E-state index contributed by atoms with van der Waals surface area (Å²) in [5.41, 5.74) is 0.247. The zero-order chi connectivity index (χ0) is 13.1. The van der Waals surface area contributed by atoms with Gasteiger partial charge in [0.15, 0.2) is 0 Å².